The summed E-state index contributed by atoms with van der Waals surface area (Å²) in [5, 5.41) is 36.5. The van der Waals surface area contributed by atoms with Gasteiger partial charge in [0, 0.05) is 0 Å². The number of rotatable bonds is 15. The minimum Gasteiger partial charge on any atom is -0.478 e. The lowest BCUT2D eigenvalue weighted by atomic mass is 9.89. The second-order valence-corrected chi connectivity index (χ2v) is 9.40. The number of hydrogen-bond acceptors (Lipinski definition) is 4. The van der Waals surface area contributed by atoms with E-state index in [-0.39, 0.29) is 12.2 Å². The largest absolute Gasteiger partial charge is 0.478 e. The van der Waals surface area contributed by atoms with Gasteiger partial charge in [0.1, 0.15) is 0 Å². The van der Waals surface area contributed by atoms with E-state index in [1.807, 2.05) is 0 Å². The van der Waals surface area contributed by atoms with Crippen LogP contribution < -0.4 is 0 Å². The highest BCUT2D eigenvalue weighted by molar-refractivity contribution is 5.87. The predicted octanol–water partition coefficient (Wildman–Crippen LogP) is 7.44. The summed E-state index contributed by atoms with van der Waals surface area (Å²) in [6, 6.07) is 16.6. The van der Waals surface area contributed by atoms with E-state index in [0.29, 0.717) is 17.5 Å². The van der Waals surface area contributed by atoms with Crippen LogP contribution in [0, 0.1) is 5.92 Å². The molecule has 2 aromatic rings. The highest BCUT2D eigenvalue weighted by atomic mass is 16.4. The van der Waals surface area contributed by atoms with Crippen LogP contribution in [0.3, 0.4) is 0 Å². The standard InChI is InChI=1S/C17H36O2.2C7H6O2/c1-4-7-10-15(11-8-5-2)12-13-17(19)14-16(18)9-6-3;2*8-7(9)6-4-2-1-3-5-6/h15-19H,4-14H2,1-3H3;2*1-5H,(H,8,9). The van der Waals surface area contributed by atoms with E-state index in [0.717, 1.165) is 31.6 Å². The molecule has 0 aliphatic rings. The van der Waals surface area contributed by atoms with Crippen LogP contribution in [0.5, 0.6) is 0 Å². The van der Waals surface area contributed by atoms with E-state index >= 15 is 0 Å². The molecule has 0 amide bonds. The molecule has 2 atom stereocenters. The van der Waals surface area contributed by atoms with Crippen molar-refractivity contribution in [2.75, 3.05) is 0 Å². The summed E-state index contributed by atoms with van der Waals surface area (Å²) in [6.07, 6.45) is 11.5. The fourth-order valence-electron chi connectivity index (χ4n) is 3.89. The van der Waals surface area contributed by atoms with Crippen molar-refractivity contribution >= 4 is 11.9 Å². The normalized spacial score (nSPS) is 11.9. The van der Waals surface area contributed by atoms with E-state index in [2.05, 4.69) is 20.8 Å². The first-order valence-electron chi connectivity index (χ1n) is 13.7. The van der Waals surface area contributed by atoms with Crippen molar-refractivity contribution in [3.05, 3.63) is 71.8 Å². The van der Waals surface area contributed by atoms with Crippen LogP contribution in [0.15, 0.2) is 60.7 Å². The molecule has 6 nitrogen and oxygen atoms in total. The first-order valence-corrected chi connectivity index (χ1v) is 13.7. The summed E-state index contributed by atoms with van der Waals surface area (Å²) in [4.78, 5) is 20.4. The number of carboxylic acid groups (broad SMARTS) is 2. The van der Waals surface area contributed by atoms with Gasteiger partial charge in [-0.05, 0) is 55.9 Å². The van der Waals surface area contributed by atoms with E-state index in [1.54, 1.807) is 60.7 Å². The summed E-state index contributed by atoms with van der Waals surface area (Å²) < 4.78 is 0. The first-order chi connectivity index (χ1) is 17.7. The van der Waals surface area contributed by atoms with Gasteiger partial charge in [0.05, 0.1) is 23.3 Å². The molecule has 0 aliphatic heterocycles. The molecule has 0 fully saturated rings. The van der Waals surface area contributed by atoms with Gasteiger partial charge < -0.3 is 20.4 Å². The third kappa shape index (κ3) is 19.1. The smallest absolute Gasteiger partial charge is 0.335 e. The predicted molar refractivity (Wildman–Crippen MR) is 150 cm³/mol. The van der Waals surface area contributed by atoms with Crippen LogP contribution in [0.25, 0.3) is 0 Å². The summed E-state index contributed by atoms with van der Waals surface area (Å²) in [6.45, 7) is 6.56. The van der Waals surface area contributed by atoms with Crippen LogP contribution in [0.1, 0.15) is 112 Å². The third-order valence-corrected chi connectivity index (χ3v) is 6.05. The van der Waals surface area contributed by atoms with Gasteiger partial charge in [0.25, 0.3) is 0 Å². The molecule has 4 N–H and O–H groups in total. The Bertz CT molecular complexity index is 751. The van der Waals surface area contributed by atoms with Crippen LogP contribution in [-0.4, -0.2) is 44.6 Å². The van der Waals surface area contributed by atoms with Gasteiger partial charge in [0.2, 0.25) is 0 Å². The maximum Gasteiger partial charge on any atom is 0.335 e. The molecular formula is C31H48O6. The zero-order valence-corrected chi connectivity index (χ0v) is 22.9. The zero-order valence-electron chi connectivity index (χ0n) is 22.9. The van der Waals surface area contributed by atoms with E-state index in [1.165, 1.54) is 38.5 Å². The molecular weight excluding hydrogens is 468 g/mol. The molecule has 2 unspecified atom stereocenters. The monoisotopic (exact) mass is 516 g/mol. The van der Waals surface area contributed by atoms with Crippen molar-refractivity contribution in [1.29, 1.82) is 0 Å². The fraction of sp³-hybridized carbons (Fsp3) is 0.548. The molecule has 0 aliphatic carbocycles. The van der Waals surface area contributed by atoms with Gasteiger partial charge in [-0.3, -0.25) is 0 Å². The minimum absolute atomic E-state index is 0.313. The van der Waals surface area contributed by atoms with Crippen molar-refractivity contribution in [1.82, 2.24) is 0 Å². The summed E-state index contributed by atoms with van der Waals surface area (Å²) >= 11 is 0. The van der Waals surface area contributed by atoms with Crippen molar-refractivity contribution < 1.29 is 30.0 Å². The first kappa shape index (κ1) is 34.3. The molecule has 0 aromatic heterocycles. The molecule has 0 bridgehead atoms. The zero-order chi connectivity index (χ0) is 27.9. The number of unbranched alkanes of at least 4 members (excludes halogenated alkanes) is 2. The minimum atomic E-state index is -0.879. The molecule has 2 rings (SSSR count). The molecule has 6 heteroatoms. The van der Waals surface area contributed by atoms with Crippen LogP contribution in [-0.2, 0) is 0 Å². The molecule has 0 heterocycles. The highest BCUT2D eigenvalue weighted by Crippen LogP contribution is 2.23. The van der Waals surface area contributed by atoms with Gasteiger partial charge in [-0.1, -0.05) is 102 Å². The third-order valence-electron chi connectivity index (χ3n) is 6.05. The highest BCUT2D eigenvalue weighted by Gasteiger charge is 2.14. The number of hydrogen-bond donors (Lipinski definition) is 4. The molecule has 0 spiro atoms. The van der Waals surface area contributed by atoms with Gasteiger partial charge in [-0.25, -0.2) is 9.59 Å². The fourth-order valence-corrected chi connectivity index (χ4v) is 3.89. The summed E-state index contributed by atoms with van der Waals surface area (Å²) in [5.74, 6) is -0.982. The quantitative estimate of drug-likeness (QED) is 0.195. The maximum atomic E-state index is 10.2. The number of aliphatic hydroxyl groups excluding tert-OH is 2. The molecule has 37 heavy (non-hydrogen) atoms. The Morgan fingerprint density at radius 3 is 1.32 bits per heavy atom. The van der Waals surface area contributed by atoms with Crippen LogP contribution in [0.2, 0.25) is 0 Å². The van der Waals surface area contributed by atoms with Crippen molar-refractivity contribution in [2.24, 2.45) is 5.92 Å². The lowest BCUT2D eigenvalue weighted by Crippen LogP contribution is -2.18. The second kappa shape index (κ2) is 22.5. The molecule has 0 radical (unpaired) electrons. The Hall–Kier alpha value is -2.70. The second-order valence-electron chi connectivity index (χ2n) is 9.40. The maximum absolute atomic E-state index is 10.2. The molecule has 0 saturated heterocycles. The van der Waals surface area contributed by atoms with Gasteiger partial charge >= 0.3 is 11.9 Å². The van der Waals surface area contributed by atoms with Crippen molar-refractivity contribution in [3.63, 3.8) is 0 Å². The Morgan fingerprint density at radius 2 is 1.00 bits per heavy atom. The molecule has 208 valence electrons. The number of carboxylic acids is 2. The lowest BCUT2D eigenvalue weighted by molar-refractivity contribution is 0.0659. The van der Waals surface area contributed by atoms with Crippen molar-refractivity contribution in [3.8, 4) is 0 Å². The Morgan fingerprint density at radius 1 is 0.595 bits per heavy atom. The number of benzene rings is 2. The van der Waals surface area contributed by atoms with Gasteiger partial charge in [-0.2, -0.15) is 0 Å². The van der Waals surface area contributed by atoms with Crippen LogP contribution in [0.4, 0.5) is 0 Å². The molecule has 0 saturated carbocycles. The van der Waals surface area contributed by atoms with Crippen molar-refractivity contribution in [2.45, 2.75) is 104 Å². The summed E-state index contributed by atoms with van der Waals surface area (Å²) in [7, 11) is 0. The van der Waals surface area contributed by atoms with Crippen LogP contribution >= 0.6 is 0 Å². The Labute approximate surface area is 223 Å². The number of aromatic carboxylic acids is 2. The summed E-state index contributed by atoms with van der Waals surface area (Å²) in [5.41, 5.74) is 0.662. The van der Waals surface area contributed by atoms with E-state index in [9.17, 15) is 19.8 Å². The van der Waals surface area contributed by atoms with E-state index < -0.39 is 11.9 Å². The average molecular weight is 517 g/mol. The molecule has 2 aromatic carbocycles. The average Bonchev–Trinajstić information content (AvgIpc) is 2.90. The Balaban J connectivity index is 0.000000591. The van der Waals surface area contributed by atoms with Gasteiger partial charge in [0.15, 0.2) is 0 Å². The number of carbonyl (C=O) groups is 2. The van der Waals surface area contributed by atoms with E-state index in [4.69, 9.17) is 10.2 Å². The van der Waals surface area contributed by atoms with Gasteiger partial charge in [-0.15, -0.1) is 0 Å². The number of aliphatic hydroxyl groups is 2. The SMILES string of the molecule is CCCCC(CCCC)CCC(O)CC(O)CCC.O=C(O)c1ccccc1.O=C(O)c1ccccc1. The lowest BCUT2D eigenvalue weighted by Gasteiger charge is -2.20. The Kier molecular flexibility index (Phi) is 20.9. The topological polar surface area (TPSA) is 115 Å².